The molecule has 2 heterocycles. The number of amides is 1. The third kappa shape index (κ3) is 6.48. The number of anilines is 1. The molecule has 0 aliphatic carbocycles. The number of carbonyl (C=O) groups is 1. The van der Waals surface area contributed by atoms with Crippen LogP contribution in [0.25, 0.3) is 10.6 Å². The molecule has 0 bridgehead atoms. The van der Waals surface area contributed by atoms with Crippen molar-refractivity contribution in [3.8, 4) is 10.6 Å². The van der Waals surface area contributed by atoms with Gasteiger partial charge in [-0.3, -0.25) is 9.69 Å². The van der Waals surface area contributed by atoms with Crippen LogP contribution in [0, 0.1) is 0 Å². The summed E-state index contributed by atoms with van der Waals surface area (Å²) in [5, 5.41) is 5.91. The molecule has 1 fully saturated rings. The molecule has 1 aliphatic rings. The molecule has 1 saturated heterocycles. The number of nitrogens with zero attached hydrogens (tertiary/aromatic N) is 2. The number of hydrogen-bond acceptors (Lipinski definition) is 5. The Hall–Kier alpha value is -2.54. The maximum atomic E-state index is 12.5. The normalized spacial score (nSPS) is 14.4. The number of unbranched alkanes of at least 4 members (excludes halogenated alkanes) is 1. The zero-order valence-corrected chi connectivity index (χ0v) is 19.5. The van der Waals surface area contributed by atoms with Crippen LogP contribution >= 0.6 is 11.3 Å². The SMILES string of the molecule is CCCCc1ccc(NC(=O)Cc2csc(-c3ccc(CN4CCOCC4)cc3)n2)cc1. The number of morpholine rings is 1. The van der Waals surface area contributed by atoms with Crippen molar-refractivity contribution >= 4 is 22.9 Å². The molecule has 168 valence electrons. The molecule has 1 N–H and O–H groups in total. The number of carbonyl (C=O) groups excluding carboxylic acids is 1. The molecular formula is C26H31N3O2S. The van der Waals surface area contributed by atoms with E-state index >= 15 is 0 Å². The minimum atomic E-state index is -0.0379. The van der Waals surface area contributed by atoms with Crippen molar-refractivity contribution in [3.05, 3.63) is 70.7 Å². The molecule has 0 unspecified atom stereocenters. The van der Waals surface area contributed by atoms with Crippen LogP contribution in [0.5, 0.6) is 0 Å². The minimum Gasteiger partial charge on any atom is -0.379 e. The molecule has 4 rings (SSSR count). The van der Waals surface area contributed by atoms with E-state index in [9.17, 15) is 4.79 Å². The average molecular weight is 450 g/mol. The third-order valence-corrected chi connectivity index (χ3v) is 6.60. The van der Waals surface area contributed by atoms with E-state index in [2.05, 4.69) is 58.5 Å². The van der Waals surface area contributed by atoms with Crippen LogP contribution in [0.15, 0.2) is 53.9 Å². The Kier molecular flexibility index (Phi) is 8.04. The Morgan fingerprint density at radius 3 is 2.50 bits per heavy atom. The predicted molar refractivity (Wildman–Crippen MR) is 131 cm³/mol. The van der Waals surface area contributed by atoms with Crippen molar-refractivity contribution in [1.82, 2.24) is 9.88 Å². The van der Waals surface area contributed by atoms with Gasteiger partial charge in [0, 0.05) is 36.3 Å². The van der Waals surface area contributed by atoms with Gasteiger partial charge in [-0.05, 0) is 36.1 Å². The fourth-order valence-corrected chi connectivity index (χ4v) is 4.62. The molecule has 0 saturated carbocycles. The first kappa shape index (κ1) is 22.6. The fourth-order valence-electron chi connectivity index (χ4n) is 3.80. The van der Waals surface area contributed by atoms with Gasteiger partial charge in [-0.1, -0.05) is 49.7 Å². The van der Waals surface area contributed by atoms with Gasteiger partial charge in [0.1, 0.15) is 5.01 Å². The quantitative estimate of drug-likeness (QED) is 0.490. The number of aromatic nitrogens is 1. The van der Waals surface area contributed by atoms with Gasteiger partial charge < -0.3 is 10.1 Å². The van der Waals surface area contributed by atoms with Crippen molar-refractivity contribution in [2.45, 2.75) is 39.2 Å². The van der Waals surface area contributed by atoms with Crippen LogP contribution in [0.4, 0.5) is 5.69 Å². The van der Waals surface area contributed by atoms with E-state index < -0.39 is 0 Å². The number of aryl methyl sites for hydroxylation is 1. The van der Waals surface area contributed by atoms with Gasteiger partial charge in [-0.2, -0.15) is 0 Å². The monoisotopic (exact) mass is 449 g/mol. The van der Waals surface area contributed by atoms with E-state index in [0.717, 1.165) is 61.2 Å². The van der Waals surface area contributed by atoms with Crippen LogP contribution in [0.2, 0.25) is 0 Å². The lowest BCUT2D eigenvalue weighted by Crippen LogP contribution is -2.35. The van der Waals surface area contributed by atoms with Gasteiger partial charge in [-0.25, -0.2) is 4.98 Å². The second-order valence-corrected chi connectivity index (χ2v) is 9.11. The lowest BCUT2D eigenvalue weighted by molar-refractivity contribution is -0.115. The minimum absolute atomic E-state index is 0.0379. The van der Waals surface area contributed by atoms with Gasteiger partial charge in [0.15, 0.2) is 0 Å². The van der Waals surface area contributed by atoms with E-state index in [1.165, 1.54) is 24.0 Å². The standard InChI is InChI=1S/C26H31N3O2S/c1-2-3-4-20-7-11-23(12-8-20)27-25(30)17-24-19-32-26(28-24)22-9-5-21(6-10-22)18-29-13-15-31-16-14-29/h5-12,19H,2-4,13-18H2,1H3,(H,27,30). The first-order chi connectivity index (χ1) is 15.7. The molecular weight excluding hydrogens is 418 g/mol. The van der Waals surface area contributed by atoms with E-state index in [0.29, 0.717) is 0 Å². The van der Waals surface area contributed by atoms with Gasteiger partial charge >= 0.3 is 0 Å². The number of benzene rings is 2. The molecule has 1 aromatic heterocycles. The Morgan fingerprint density at radius 1 is 1.06 bits per heavy atom. The fraction of sp³-hybridized carbons (Fsp3) is 0.385. The molecule has 0 radical (unpaired) electrons. The highest BCUT2D eigenvalue weighted by Crippen LogP contribution is 2.25. The highest BCUT2D eigenvalue weighted by molar-refractivity contribution is 7.13. The van der Waals surface area contributed by atoms with E-state index in [1.54, 1.807) is 11.3 Å². The number of thiazole rings is 1. The third-order valence-electron chi connectivity index (χ3n) is 5.66. The second-order valence-electron chi connectivity index (χ2n) is 8.25. The highest BCUT2D eigenvalue weighted by Gasteiger charge is 2.12. The lowest BCUT2D eigenvalue weighted by Gasteiger charge is -2.26. The van der Waals surface area contributed by atoms with Crippen LogP contribution in [0.3, 0.4) is 0 Å². The van der Waals surface area contributed by atoms with Crippen molar-refractivity contribution < 1.29 is 9.53 Å². The van der Waals surface area contributed by atoms with Gasteiger partial charge in [0.25, 0.3) is 0 Å². The first-order valence-electron chi connectivity index (χ1n) is 11.4. The largest absolute Gasteiger partial charge is 0.379 e. The molecule has 0 atom stereocenters. The molecule has 6 heteroatoms. The Morgan fingerprint density at radius 2 is 1.78 bits per heavy atom. The number of ether oxygens (including phenoxy) is 1. The Bertz CT molecular complexity index is 993. The summed E-state index contributed by atoms with van der Waals surface area (Å²) >= 11 is 1.58. The predicted octanol–water partition coefficient (Wildman–Crippen LogP) is 5.17. The zero-order chi connectivity index (χ0) is 22.2. The highest BCUT2D eigenvalue weighted by atomic mass is 32.1. The molecule has 1 aliphatic heterocycles. The van der Waals surface area contributed by atoms with Crippen LogP contribution in [0.1, 0.15) is 36.6 Å². The number of nitrogens with one attached hydrogen (secondary N) is 1. The molecule has 2 aromatic carbocycles. The summed E-state index contributed by atoms with van der Waals surface area (Å²) in [6.07, 6.45) is 3.74. The summed E-state index contributed by atoms with van der Waals surface area (Å²) < 4.78 is 5.42. The second kappa shape index (κ2) is 11.4. The lowest BCUT2D eigenvalue weighted by atomic mass is 10.1. The maximum absolute atomic E-state index is 12.5. The van der Waals surface area contributed by atoms with Gasteiger partial charge in [-0.15, -0.1) is 11.3 Å². The number of hydrogen-bond donors (Lipinski definition) is 1. The summed E-state index contributed by atoms with van der Waals surface area (Å²) in [6, 6.07) is 16.7. The summed E-state index contributed by atoms with van der Waals surface area (Å²) in [6.45, 7) is 6.76. The molecule has 1 amide bonds. The zero-order valence-electron chi connectivity index (χ0n) is 18.7. The summed E-state index contributed by atoms with van der Waals surface area (Å²) in [4.78, 5) is 19.6. The Labute approximate surface area is 194 Å². The first-order valence-corrected chi connectivity index (χ1v) is 12.3. The van der Waals surface area contributed by atoms with E-state index in [1.807, 2.05) is 17.5 Å². The summed E-state index contributed by atoms with van der Waals surface area (Å²) in [5.41, 5.74) is 5.34. The summed E-state index contributed by atoms with van der Waals surface area (Å²) in [5.74, 6) is -0.0379. The van der Waals surface area contributed by atoms with Gasteiger partial charge in [0.05, 0.1) is 25.3 Å². The average Bonchev–Trinajstić information content (AvgIpc) is 3.28. The van der Waals surface area contributed by atoms with Crippen molar-refractivity contribution in [1.29, 1.82) is 0 Å². The van der Waals surface area contributed by atoms with Crippen LogP contribution < -0.4 is 5.32 Å². The molecule has 32 heavy (non-hydrogen) atoms. The van der Waals surface area contributed by atoms with E-state index in [4.69, 9.17) is 4.74 Å². The summed E-state index contributed by atoms with van der Waals surface area (Å²) in [7, 11) is 0. The maximum Gasteiger partial charge on any atom is 0.230 e. The van der Waals surface area contributed by atoms with Crippen molar-refractivity contribution in [3.63, 3.8) is 0 Å². The van der Waals surface area contributed by atoms with Crippen molar-refractivity contribution in [2.75, 3.05) is 31.6 Å². The van der Waals surface area contributed by atoms with Gasteiger partial charge in [0.2, 0.25) is 5.91 Å². The smallest absolute Gasteiger partial charge is 0.230 e. The Balaban J connectivity index is 1.29. The number of rotatable bonds is 9. The molecule has 5 nitrogen and oxygen atoms in total. The van der Waals surface area contributed by atoms with Crippen LogP contribution in [-0.4, -0.2) is 42.1 Å². The molecule has 0 spiro atoms. The van der Waals surface area contributed by atoms with Crippen molar-refractivity contribution in [2.24, 2.45) is 0 Å². The van der Waals surface area contributed by atoms with Crippen LogP contribution in [-0.2, 0) is 28.9 Å². The topological polar surface area (TPSA) is 54.5 Å². The molecule has 3 aromatic rings. The van der Waals surface area contributed by atoms with E-state index in [-0.39, 0.29) is 12.3 Å².